The monoisotopic (exact) mass is 362 g/mol. The number of aryl methyl sites for hydroxylation is 1. The topological polar surface area (TPSA) is 59.5 Å². The van der Waals surface area contributed by atoms with Crippen LogP contribution in [0.4, 0.5) is 0 Å². The predicted molar refractivity (Wildman–Crippen MR) is 107 cm³/mol. The SMILES string of the molecule is Cc1ccc2[nH]c3c(c2c1)CC1(O)CN(C)CCC1(c1cccc(O)c1)C3. The number of benzene rings is 2. The number of hydrogen-bond acceptors (Lipinski definition) is 3. The van der Waals surface area contributed by atoms with E-state index in [4.69, 9.17) is 0 Å². The van der Waals surface area contributed by atoms with Gasteiger partial charge in [-0.1, -0.05) is 23.8 Å². The van der Waals surface area contributed by atoms with Gasteiger partial charge in [-0.25, -0.2) is 0 Å². The minimum absolute atomic E-state index is 0.265. The average molecular weight is 362 g/mol. The number of hydrogen-bond donors (Lipinski definition) is 3. The third-order valence-corrected chi connectivity index (χ3v) is 6.84. The van der Waals surface area contributed by atoms with Gasteiger partial charge in [0.1, 0.15) is 5.75 Å². The molecular weight excluding hydrogens is 336 g/mol. The zero-order valence-corrected chi connectivity index (χ0v) is 15.9. The van der Waals surface area contributed by atoms with Crippen molar-refractivity contribution in [1.29, 1.82) is 0 Å². The Bertz CT molecular complexity index is 1040. The number of piperidine rings is 1. The highest BCUT2D eigenvalue weighted by atomic mass is 16.3. The highest BCUT2D eigenvalue weighted by Crippen LogP contribution is 2.51. The second-order valence-corrected chi connectivity index (χ2v) is 8.64. The van der Waals surface area contributed by atoms with Crippen LogP contribution in [0.25, 0.3) is 10.9 Å². The van der Waals surface area contributed by atoms with Crippen molar-refractivity contribution in [3.63, 3.8) is 0 Å². The maximum atomic E-state index is 12.0. The number of β-amino-alcohol motifs (C(OH)–C–C–N with tert-alkyl or cyclic N) is 1. The molecule has 0 radical (unpaired) electrons. The van der Waals surface area contributed by atoms with Crippen molar-refractivity contribution in [2.75, 3.05) is 20.1 Å². The summed E-state index contributed by atoms with van der Waals surface area (Å²) >= 11 is 0. The van der Waals surface area contributed by atoms with Crippen LogP contribution in [0.15, 0.2) is 42.5 Å². The molecule has 4 heteroatoms. The summed E-state index contributed by atoms with van der Waals surface area (Å²) < 4.78 is 0. The van der Waals surface area contributed by atoms with E-state index in [1.54, 1.807) is 6.07 Å². The van der Waals surface area contributed by atoms with Gasteiger partial charge in [0.15, 0.2) is 0 Å². The number of rotatable bonds is 1. The molecule has 2 atom stereocenters. The Labute approximate surface area is 159 Å². The molecule has 140 valence electrons. The van der Waals surface area contributed by atoms with Crippen LogP contribution in [-0.4, -0.2) is 45.8 Å². The summed E-state index contributed by atoms with van der Waals surface area (Å²) in [4.78, 5) is 5.85. The van der Waals surface area contributed by atoms with Gasteiger partial charge in [-0.3, -0.25) is 0 Å². The first kappa shape index (κ1) is 16.8. The number of likely N-dealkylation sites (N-methyl/N-ethyl adjacent to an activating group) is 1. The highest BCUT2D eigenvalue weighted by molar-refractivity contribution is 5.86. The number of H-pyrrole nitrogens is 1. The zero-order chi connectivity index (χ0) is 18.8. The Kier molecular flexibility index (Phi) is 3.49. The van der Waals surface area contributed by atoms with Crippen molar-refractivity contribution in [2.24, 2.45) is 0 Å². The fraction of sp³-hybridized carbons (Fsp3) is 0.391. The lowest BCUT2D eigenvalue weighted by molar-refractivity contribution is -0.0972. The van der Waals surface area contributed by atoms with E-state index >= 15 is 0 Å². The number of aliphatic hydroxyl groups is 1. The minimum Gasteiger partial charge on any atom is -0.508 e. The zero-order valence-electron chi connectivity index (χ0n) is 15.9. The Balaban J connectivity index is 1.73. The molecule has 1 saturated heterocycles. The van der Waals surface area contributed by atoms with Crippen LogP contribution in [0.3, 0.4) is 0 Å². The number of phenols is 1. The molecular formula is C23H26N2O2. The van der Waals surface area contributed by atoms with Crippen molar-refractivity contribution in [3.8, 4) is 5.75 Å². The molecule has 0 spiro atoms. The molecule has 2 unspecified atom stereocenters. The number of nitrogens with one attached hydrogen (secondary N) is 1. The molecule has 1 fully saturated rings. The molecule has 0 amide bonds. The van der Waals surface area contributed by atoms with E-state index in [0.717, 1.165) is 30.5 Å². The molecule has 3 aromatic rings. The number of nitrogens with zero attached hydrogens (tertiary/aromatic N) is 1. The number of aromatic hydroxyl groups is 1. The fourth-order valence-corrected chi connectivity index (χ4v) is 5.45. The third-order valence-electron chi connectivity index (χ3n) is 6.84. The van der Waals surface area contributed by atoms with Crippen LogP contribution in [0.2, 0.25) is 0 Å². The lowest BCUT2D eigenvalue weighted by atomic mass is 9.56. The van der Waals surface area contributed by atoms with Gasteiger partial charge in [0, 0.05) is 41.4 Å². The van der Waals surface area contributed by atoms with Crippen LogP contribution in [0.1, 0.15) is 28.8 Å². The van der Waals surface area contributed by atoms with E-state index in [1.165, 1.54) is 22.2 Å². The summed E-state index contributed by atoms with van der Waals surface area (Å²) in [5.41, 5.74) is 4.66. The second kappa shape index (κ2) is 5.60. The molecule has 3 N–H and O–H groups in total. The van der Waals surface area contributed by atoms with Gasteiger partial charge in [0.2, 0.25) is 0 Å². The molecule has 2 heterocycles. The van der Waals surface area contributed by atoms with Crippen LogP contribution >= 0.6 is 0 Å². The standard InChI is InChI=1S/C23H26N2O2/c1-15-6-7-20-18(10-15)19-12-23(27)14-25(2)9-8-22(23,13-21(19)24-20)16-4-3-5-17(26)11-16/h3-7,10-11,24,26-27H,8-9,12-14H2,1-2H3. The summed E-state index contributed by atoms with van der Waals surface area (Å²) in [5.74, 6) is 0.265. The smallest absolute Gasteiger partial charge is 0.115 e. The van der Waals surface area contributed by atoms with Crippen molar-refractivity contribution in [1.82, 2.24) is 9.88 Å². The van der Waals surface area contributed by atoms with Crippen molar-refractivity contribution in [2.45, 2.75) is 37.2 Å². The van der Waals surface area contributed by atoms with Crippen LogP contribution in [0, 0.1) is 6.92 Å². The Morgan fingerprint density at radius 3 is 2.78 bits per heavy atom. The molecule has 1 aliphatic heterocycles. The van der Waals surface area contributed by atoms with Crippen molar-refractivity contribution in [3.05, 3.63) is 64.8 Å². The maximum Gasteiger partial charge on any atom is 0.115 e. The average Bonchev–Trinajstić information content (AvgIpc) is 2.95. The first-order chi connectivity index (χ1) is 12.9. The molecule has 5 rings (SSSR count). The van der Waals surface area contributed by atoms with E-state index in [0.29, 0.717) is 13.0 Å². The second-order valence-electron chi connectivity index (χ2n) is 8.64. The number of fused-ring (bicyclic) bond motifs is 4. The number of likely N-dealkylation sites (tertiary alicyclic amines) is 1. The largest absolute Gasteiger partial charge is 0.508 e. The summed E-state index contributed by atoms with van der Waals surface area (Å²) in [6, 6.07) is 14.0. The summed E-state index contributed by atoms with van der Waals surface area (Å²) in [6.45, 7) is 3.69. The number of phenolic OH excluding ortho intramolecular Hbond substituents is 1. The Hall–Kier alpha value is -2.30. The molecule has 27 heavy (non-hydrogen) atoms. The van der Waals surface area contributed by atoms with Gasteiger partial charge >= 0.3 is 0 Å². The van der Waals surface area contributed by atoms with Gasteiger partial charge < -0.3 is 20.1 Å². The summed E-state index contributed by atoms with van der Waals surface area (Å²) in [5, 5.41) is 23.4. The van der Waals surface area contributed by atoms with E-state index < -0.39 is 5.60 Å². The first-order valence-corrected chi connectivity index (χ1v) is 9.71. The predicted octanol–water partition coefficient (Wildman–Crippen LogP) is 3.29. The van der Waals surface area contributed by atoms with Gasteiger partial charge in [0.25, 0.3) is 0 Å². The lowest BCUT2D eigenvalue weighted by Gasteiger charge is -2.55. The molecule has 2 aliphatic rings. The van der Waals surface area contributed by atoms with E-state index in [9.17, 15) is 10.2 Å². The van der Waals surface area contributed by atoms with E-state index in [-0.39, 0.29) is 11.2 Å². The Morgan fingerprint density at radius 2 is 1.96 bits per heavy atom. The van der Waals surface area contributed by atoms with Crippen molar-refractivity contribution >= 4 is 10.9 Å². The maximum absolute atomic E-state index is 12.0. The minimum atomic E-state index is -0.861. The molecule has 0 saturated carbocycles. The number of aromatic nitrogens is 1. The third kappa shape index (κ3) is 2.36. The molecule has 0 bridgehead atoms. The van der Waals surface area contributed by atoms with Gasteiger partial charge in [-0.2, -0.15) is 0 Å². The number of aromatic amines is 1. The quantitative estimate of drug-likeness (QED) is 0.623. The van der Waals surface area contributed by atoms with Crippen molar-refractivity contribution < 1.29 is 10.2 Å². The molecule has 4 nitrogen and oxygen atoms in total. The summed E-state index contributed by atoms with van der Waals surface area (Å²) in [7, 11) is 2.08. The molecule has 2 aromatic carbocycles. The van der Waals surface area contributed by atoms with E-state index in [1.807, 2.05) is 12.1 Å². The normalized spacial score (nSPS) is 28.1. The highest BCUT2D eigenvalue weighted by Gasteiger charge is 2.57. The first-order valence-electron chi connectivity index (χ1n) is 9.71. The van der Waals surface area contributed by atoms with Crippen LogP contribution in [-0.2, 0) is 18.3 Å². The van der Waals surface area contributed by atoms with E-state index in [2.05, 4.69) is 48.1 Å². The van der Waals surface area contributed by atoms with Crippen LogP contribution < -0.4 is 0 Å². The molecule has 1 aromatic heterocycles. The summed E-state index contributed by atoms with van der Waals surface area (Å²) in [6.07, 6.45) is 2.27. The Morgan fingerprint density at radius 1 is 1.11 bits per heavy atom. The van der Waals surface area contributed by atoms with Gasteiger partial charge in [0.05, 0.1) is 5.60 Å². The van der Waals surface area contributed by atoms with Gasteiger partial charge in [-0.05, 0) is 62.3 Å². The fourth-order valence-electron chi connectivity index (χ4n) is 5.45. The lowest BCUT2D eigenvalue weighted by Crippen LogP contribution is -2.65. The van der Waals surface area contributed by atoms with Crippen LogP contribution in [0.5, 0.6) is 5.75 Å². The molecule has 1 aliphatic carbocycles. The van der Waals surface area contributed by atoms with Gasteiger partial charge in [-0.15, -0.1) is 0 Å².